The molecule has 0 fully saturated rings. The van der Waals surface area contributed by atoms with Crippen molar-refractivity contribution in [2.45, 2.75) is 25.8 Å². The van der Waals surface area contributed by atoms with Crippen molar-refractivity contribution in [1.82, 2.24) is 0 Å². The fourth-order valence-corrected chi connectivity index (χ4v) is 1.34. The van der Waals surface area contributed by atoms with Gasteiger partial charge in [0.25, 0.3) is 0 Å². The number of hydrogen-bond donors (Lipinski definition) is 2. The van der Waals surface area contributed by atoms with Crippen LogP contribution in [0.25, 0.3) is 0 Å². The quantitative estimate of drug-likeness (QED) is 0.865. The first kappa shape index (κ1) is 13.5. The second-order valence-corrected chi connectivity index (χ2v) is 4.44. The molecule has 1 rings (SSSR count). The molecule has 5 heteroatoms. The van der Waals surface area contributed by atoms with E-state index in [1.54, 1.807) is 19.1 Å². The first-order valence-electron chi connectivity index (χ1n) is 5.20. The molecular formula is C12H14ClN3O. The van der Waals surface area contributed by atoms with Crippen LogP contribution in [0.15, 0.2) is 18.2 Å². The van der Waals surface area contributed by atoms with Crippen molar-refractivity contribution in [3.8, 4) is 6.07 Å². The Kier molecular flexibility index (Phi) is 4.11. The Morgan fingerprint density at radius 1 is 1.65 bits per heavy atom. The predicted molar refractivity (Wildman–Crippen MR) is 67.7 cm³/mol. The van der Waals surface area contributed by atoms with Gasteiger partial charge in [-0.3, -0.25) is 4.79 Å². The van der Waals surface area contributed by atoms with Gasteiger partial charge in [-0.25, -0.2) is 0 Å². The predicted octanol–water partition coefficient (Wildman–Crippen LogP) is 2.28. The normalized spacial score (nSPS) is 13.6. The number of benzene rings is 1. The Hall–Kier alpha value is -1.57. The summed E-state index contributed by atoms with van der Waals surface area (Å²) < 4.78 is 0. The molecule has 0 bridgehead atoms. The summed E-state index contributed by atoms with van der Waals surface area (Å²) in [6.45, 7) is 3.50. The number of anilines is 1. The second kappa shape index (κ2) is 5.17. The van der Waals surface area contributed by atoms with Gasteiger partial charge < -0.3 is 11.1 Å². The lowest BCUT2D eigenvalue weighted by molar-refractivity contribution is -0.120. The third-order valence-corrected chi connectivity index (χ3v) is 2.91. The van der Waals surface area contributed by atoms with Crippen molar-refractivity contribution in [3.63, 3.8) is 0 Å². The number of halogens is 1. The summed E-state index contributed by atoms with van der Waals surface area (Å²) in [4.78, 5) is 11.8. The van der Waals surface area contributed by atoms with Crippen LogP contribution in [0.2, 0.25) is 5.02 Å². The molecule has 3 N–H and O–H groups in total. The van der Waals surface area contributed by atoms with E-state index < -0.39 is 5.54 Å². The highest BCUT2D eigenvalue weighted by molar-refractivity contribution is 6.32. The second-order valence-electron chi connectivity index (χ2n) is 4.03. The van der Waals surface area contributed by atoms with E-state index in [1.807, 2.05) is 13.0 Å². The number of nitriles is 1. The average molecular weight is 252 g/mol. The van der Waals surface area contributed by atoms with Gasteiger partial charge in [-0.1, -0.05) is 18.5 Å². The minimum absolute atomic E-state index is 0.277. The standard InChI is InChI=1S/C12H14ClN3O/c1-3-12(2,15)11(17)16-9-5-4-8(7-14)10(13)6-9/h4-6H,3,15H2,1-2H3,(H,16,17). The van der Waals surface area contributed by atoms with Gasteiger partial charge in [0.05, 0.1) is 16.1 Å². The zero-order valence-electron chi connectivity index (χ0n) is 9.75. The lowest BCUT2D eigenvalue weighted by atomic mass is 9.99. The Labute approximate surface area is 105 Å². The molecule has 0 aliphatic rings. The number of hydrogen-bond acceptors (Lipinski definition) is 3. The van der Waals surface area contributed by atoms with Gasteiger partial charge in [-0.15, -0.1) is 0 Å². The lowest BCUT2D eigenvalue weighted by Gasteiger charge is -2.21. The number of carbonyl (C=O) groups is 1. The molecule has 1 aromatic carbocycles. The van der Waals surface area contributed by atoms with Gasteiger partial charge in [-0.2, -0.15) is 5.26 Å². The fourth-order valence-electron chi connectivity index (χ4n) is 1.12. The van der Waals surface area contributed by atoms with Crippen LogP contribution in [-0.2, 0) is 4.79 Å². The molecule has 90 valence electrons. The van der Waals surface area contributed by atoms with Crippen LogP contribution in [0.1, 0.15) is 25.8 Å². The molecule has 0 aliphatic carbocycles. The SMILES string of the molecule is CCC(C)(N)C(=O)Nc1ccc(C#N)c(Cl)c1. The molecule has 1 amide bonds. The van der Waals surface area contributed by atoms with Gasteiger partial charge in [0.15, 0.2) is 0 Å². The van der Waals surface area contributed by atoms with E-state index in [-0.39, 0.29) is 5.91 Å². The number of nitrogens with two attached hydrogens (primary N) is 1. The minimum atomic E-state index is -0.916. The first-order chi connectivity index (χ1) is 7.90. The molecule has 0 spiro atoms. The lowest BCUT2D eigenvalue weighted by Crippen LogP contribution is -2.47. The molecule has 0 heterocycles. The largest absolute Gasteiger partial charge is 0.324 e. The van der Waals surface area contributed by atoms with Crippen molar-refractivity contribution in [3.05, 3.63) is 28.8 Å². The van der Waals surface area contributed by atoms with Crippen LogP contribution in [0.3, 0.4) is 0 Å². The highest BCUT2D eigenvalue weighted by Crippen LogP contribution is 2.21. The summed E-state index contributed by atoms with van der Waals surface area (Å²) in [5.74, 6) is -0.277. The van der Waals surface area contributed by atoms with Crippen molar-refractivity contribution in [2.24, 2.45) is 5.73 Å². The maximum atomic E-state index is 11.8. The van der Waals surface area contributed by atoms with E-state index in [9.17, 15) is 4.79 Å². The molecule has 17 heavy (non-hydrogen) atoms. The Bertz CT molecular complexity index is 477. The van der Waals surface area contributed by atoms with Gasteiger partial charge in [0.1, 0.15) is 6.07 Å². The van der Waals surface area contributed by atoms with Crippen LogP contribution in [0.4, 0.5) is 5.69 Å². The molecule has 0 saturated heterocycles. The van der Waals surface area contributed by atoms with E-state index >= 15 is 0 Å². The highest BCUT2D eigenvalue weighted by atomic mass is 35.5. The molecule has 0 aliphatic heterocycles. The van der Waals surface area contributed by atoms with Crippen LogP contribution in [-0.4, -0.2) is 11.4 Å². The summed E-state index contributed by atoms with van der Waals surface area (Å²) >= 11 is 5.86. The van der Waals surface area contributed by atoms with Crippen molar-refractivity contribution in [1.29, 1.82) is 5.26 Å². The van der Waals surface area contributed by atoms with Gasteiger partial charge >= 0.3 is 0 Å². The maximum absolute atomic E-state index is 11.8. The number of nitrogens with zero attached hydrogens (tertiary/aromatic N) is 1. The van der Waals surface area contributed by atoms with Gasteiger partial charge in [0, 0.05) is 5.69 Å². The van der Waals surface area contributed by atoms with Crippen LogP contribution in [0, 0.1) is 11.3 Å². The van der Waals surface area contributed by atoms with Crippen molar-refractivity contribution < 1.29 is 4.79 Å². The summed E-state index contributed by atoms with van der Waals surface area (Å²) in [7, 11) is 0. The van der Waals surface area contributed by atoms with Crippen molar-refractivity contribution in [2.75, 3.05) is 5.32 Å². The molecule has 1 atom stereocenters. The number of carbonyl (C=O) groups excluding carboxylic acids is 1. The Balaban J connectivity index is 2.88. The Morgan fingerprint density at radius 2 is 2.29 bits per heavy atom. The molecule has 0 aromatic heterocycles. The molecule has 1 aromatic rings. The number of rotatable bonds is 3. The van der Waals surface area contributed by atoms with E-state index in [2.05, 4.69) is 5.32 Å². The summed E-state index contributed by atoms with van der Waals surface area (Å²) in [5.41, 5.74) is 5.79. The topological polar surface area (TPSA) is 78.9 Å². The number of amides is 1. The minimum Gasteiger partial charge on any atom is -0.324 e. The summed E-state index contributed by atoms with van der Waals surface area (Å²) in [6, 6.07) is 6.65. The molecule has 4 nitrogen and oxygen atoms in total. The van der Waals surface area contributed by atoms with Crippen LogP contribution < -0.4 is 11.1 Å². The highest BCUT2D eigenvalue weighted by Gasteiger charge is 2.25. The zero-order chi connectivity index (χ0) is 13.1. The van der Waals surface area contributed by atoms with Crippen LogP contribution >= 0.6 is 11.6 Å². The van der Waals surface area contributed by atoms with E-state index in [0.29, 0.717) is 22.7 Å². The van der Waals surface area contributed by atoms with E-state index in [1.165, 1.54) is 6.07 Å². The summed E-state index contributed by atoms with van der Waals surface area (Å²) in [6.07, 6.45) is 0.531. The van der Waals surface area contributed by atoms with Gasteiger partial charge in [-0.05, 0) is 31.5 Å². The third kappa shape index (κ3) is 3.19. The van der Waals surface area contributed by atoms with Gasteiger partial charge in [0.2, 0.25) is 5.91 Å². The molecule has 0 saturated carbocycles. The van der Waals surface area contributed by atoms with E-state index in [0.717, 1.165) is 0 Å². The molecule has 0 radical (unpaired) electrons. The summed E-state index contributed by atoms with van der Waals surface area (Å²) in [5, 5.41) is 11.7. The fraction of sp³-hybridized carbons (Fsp3) is 0.333. The molecular weight excluding hydrogens is 238 g/mol. The van der Waals surface area contributed by atoms with E-state index in [4.69, 9.17) is 22.6 Å². The monoisotopic (exact) mass is 251 g/mol. The zero-order valence-corrected chi connectivity index (χ0v) is 10.5. The Morgan fingerprint density at radius 3 is 2.76 bits per heavy atom. The van der Waals surface area contributed by atoms with Crippen LogP contribution in [0.5, 0.6) is 0 Å². The maximum Gasteiger partial charge on any atom is 0.244 e. The average Bonchev–Trinajstić information content (AvgIpc) is 2.29. The van der Waals surface area contributed by atoms with Crippen molar-refractivity contribution >= 4 is 23.2 Å². The first-order valence-corrected chi connectivity index (χ1v) is 5.58. The third-order valence-electron chi connectivity index (χ3n) is 2.60. The molecule has 1 unspecified atom stereocenters. The smallest absolute Gasteiger partial charge is 0.244 e. The number of nitrogens with one attached hydrogen (secondary N) is 1.